The van der Waals surface area contributed by atoms with Crippen LogP contribution in [0.3, 0.4) is 0 Å². The van der Waals surface area contributed by atoms with E-state index >= 15 is 0 Å². The van der Waals surface area contributed by atoms with Crippen molar-refractivity contribution in [1.29, 1.82) is 0 Å². The third-order valence-electron chi connectivity index (χ3n) is 5.04. The van der Waals surface area contributed by atoms with Gasteiger partial charge in [0.15, 0.2) is 0 Å². The van der Waals surface area contributed by atoms with Crippen LogP contribution in [-0.4, -0.2) is 68.7 Å². The minimum absolute atomic E-state index is 0.000687. The Morgan fingerprint density at radius 1 is 1.28 bits per heavy atom. The molecule has 29 heavy (non-hydrogen) atoms. The summed E-state index contributed by atoms with van der Waals surface area (Å²) in [5, 5.41) is 7.00. The van der Waals surface area contributed by atoms with E-state index in [4.69, 9.17) is 23.9 Å². The van der Waals surface area contributed by atoms with Crippen LogP contribution in [0.1, 0.15) is 42.1 Å². The van der Waals surface area contributed by atoms with Crippen molar-refractivity contribution >= 4 is 19.0 Å². The topological polar surface area (TPSA) is 94.5 Å². The van der Waals surface area contributed by atoms with Crippen LogP contribution in [0, 0.1) is 5.82 Å². The number of carbonyl (C=O) groups is 2. The van der Waals surface area contributed by atoms with Gasteiger partial charge in [-0.25, -0.2) is 9.18 Å². The van der Waals surface area contributed by atoms with Crippen molar-refractivity contribution in [3.63, 3.8) is 0 Å². The number of aliphatic hydroxyl groups is 1. The number of nitrogens with zero attached hydrogens (tertiary/aromatic N) is 1. The smallest absolute Gasteiger partial charge is 0.451 e. The Balaban J connectivity index is 0.00000117. The van der Waals surface area contributed by atoms with E-state index in [0.29, 0.717) is 0 Å². The molecule has 3 atom stereocenters. The Bertz CT molecular complexity index is 816. The van der Waals surface area contributed by atoms with E-state index in [2.05, 4.69) is 0 Å². The van der Waals surface area contributed by atoms with E-state index in [9.17, 15) is 14.0 Å². The van der Waals surface area contributed by atoms with E-state index in [-0.39, 0.29) is 35.6 Å². The number of aliphatic hydroxyl groups excluding tert-OH is 1. The second-order valence-electron chi connectivity index (χ2n) is 7.80. The first kappa shape index (κ1) is 21.5. The highest BCUT2D eigenvalue weighted by Crippen LogP contribution is 2.59. The summed E-state index contributed by atoms with van der Waals surface area (Å²) in [5.41, 5.74) is 0.558. The molecule has 0 spiro atoms. The number of cyclic esters (lactones) is 1. The van der Waals surface area contributed by atoms with Gasteiger partial charge in [-0.15, -0.1) is 0 Å². The molecule has 0 radical (unpaired) electrons. The molecule has 3 aliphatic rings. The first-order valence-corrected chi connectivity index (χ1v) is 9.35. The summed E-state index contributed by atoms with van der Waals surface area (Å²) in [4.78, 5) is 25.7. The van der Waals surface area contributed by atoms with Crippen molar-refractivity contribution < 1.29 is 37.9 Å². The van der Waals surface area contributed by atoms with Gasteiger partial charge < -0.3 is 28.8 Å². The lowest BCUT2D eigenvalue weighted by molar-refractivity contribution is -0.135. The summed E-state index contributed by atoms with van der Waals surface area (Å²) in [7, 11) is 3.83. The molecule has 1 N–H and O–H groups in total. The maximum absolute atomic E-state index is 14.2. The van der Waals surface area contributed by atoms with Crippen LogP contribution < -0.4 is 4.74 Å². The van der Waals surface area contributed by atoms with Gasteiger partial charge in [0.2, 0.25) is 5.79 Å². The normalized spacial score (nSPS) is 26.5. The fourth-order valence-electron chi connectivity index (χ4n) is 3.65. The van der Waals surface area contributed by atoms with E-state index in [1.165, 1.54) is 11.0 Å². The van der Waals surface area contributed by atoms with Gasteiger partial charge in [-0.1, -0.05) is 6.07 Å². The zero-order valence-electron chi connectivity index (χ0n) is 17.1. The fourth-order valence-corrected chi connectivity index (χ4v) is 3.65. The Hall–Kier alpha value is -2.17. The van der Waals surface area contributed by atoms with Crippen molar-refractivity contribution in [2.75, 3.05) is 27.8 Å². The maximum atomic E-state index is 14.2. The van der Waals surface area contributed by atoms with Gasteiger partial charge in [0.05, 0.1) is 6.61 Å². The summed E-state index contributed by atoms with van der Waals surface area (Å²) < 4.78 is 36.5. The van der Waals surface area contributed by atoms with Crippen molar-refractivity contribution in [2.45, 2.75) is 43.9 Å². The molecule has 10 heteroatoms. The predicted molar refractivity (Wildman–Crippen MR) is 101 cm³/mol. The zero-order chi connectivity index (χ0) is 21.5. The van der Waals surface area contributed by atoms with Gasteiger partial charge >= 0.3 is 13.1 Å². The van der Waals surface area contributed by atoms with Gasteiger partial charge in [0, 0.05) is 40.9 Å². The number of fused-ring (bicyclic) bond motifs is 1. The lowest BCUT2D eigenvalue weighted by Crippen LogP contribution is -2.39. The standard InChI is InChI=1S/C18H21BFNO6.CH4O/c1-18(2)25-15-9(5-6-12(20)14(15)17(23)26-18)10-7-11(10)19-24-8-13(27-19)16(22)21(3)4;1-2/h5-6,10-11,13H,7-8H2,1-4H3;2H,1H3. The van der Waals surface area contributed by atoms with Gasteiger partial charge in [0.1, 0.15) is 23.2 Å². The number of hydrogen-bond donors (Lipinski definition) is 1. The number of halogens is 1. The van der Waals surface area contributed by atoms with Gasteiger partial charge in [0.25, 0.3) is 5.91 Å². The first-order chi connectivity index (χ1) is 13.7. The highest BCUT2D eigenvalue weighted by molar-refractivity contribution is 6.49. The number of rotatable bonds is 3. The quantitative estimate of drug-likeness (QED) is 0.598. The van der Waals surface area contributed by atoms with Crippen molar-refractivity contribution in [3.05, 3.63) is 29.1 Å². The third kappa shape index (κ3) is 4.10. The largest absolute Gasteiger partial charge is 0.461 e. The van der Waals surface area contributed by atoms with Gasteiger partial charge in [-0.05, 0) is 24.0 Å². The highest BCUT2D eigenvalue weighted by Gasteiger charge is 2.55. The Kier molecular flexibility index (Phi) is 5.89. The third-order valence-corrected chi connectivity index (χ3v) is 5.04. The molecule has 0 aromatic heterocycles. The average molecular weight is 409 g/mol. The Labute approximate surface area is 169 Å². The second-order valence-corrected chi connectivity index (χ2v) is 7.80. The number of benzene rings is 1. The maximum Gasteiger partial charge on any atom is 0.461 e. The summed E-state index contributed by atoms with van der Waals surface area (Å²) in [5.74, 6) is -2.47. The molecule has 158 valence electrons. The molecule has 1 saturated heterocycles. The van der Waals surface area contributed by atoms with Crippen LogP contribution in [0.2, 0.25) is 5.82 Å². The summed E-state index contributed by atoms with van der Waals surface area (Å²) >= 11 is 0. The second kappa shape index (κ2) is 7.93. The van der Waals surface area contributed by atoms with Gasteiger partial charge in [-0.3, -0.25) is 4.79 Å². The molecule has 2 heterocycles. The SMILES string of the molecule is CN(C)C(=O)C1COB(C2CC2c2ccc(F)c3c2OC(C)(C)OC3=O)O1.CO. The van der Waals surface area contributed by atoms with Crippen molar-refractivity contribution in [2.24, 2.45) is 0 Å². The lowest BCUT2D eigenvalue weighted by Gasteiger charge is -2.33. The minimum Gasteiger partial charge on any atom is -0.451 e. The number of esters is 1. The van der Waals surface area contributed by atoms with E-state index in [0.717, 1.165) is 19.1 Å². The molecule has 8 nitrogen and oxygen atoms in total. The van der Waals surface area contributed by atoms with E-state index in [1.54, 1.807) is 34.0 Å². The van der Waals surface area contributed by atoms with Crippen LogP contribution in [-0.2, 0) is 18.8 Å². The average Bonchev–Trinajstić information content (AvgIpc) is 3.28. The molecule has 1 aromatic carbocycles. The van der Waals surface area contributed by atoms with Crippen LogP contribution >= 0.6 is 0 Å². The van der Waals surface area contributed by atoms with Gasteiger partial charge in [-0.2, -0.15) is 0 Å². The number of likely N-dealkylation sites (N-methyl/N-ethyl adjacent to an activating group) is 1. The highest BCUT2D eigenvalue weighted by atomic mass is 19.1. The number of amides is 1. The molecule has 4 rings (SSSR count). The molecule has 3 unspecified atom stereocenters. The van der Waals surface area contributed by atoms with Crippen LogP contribution in [0.4, 0.5) is 4.39 Å². The summed E-state index contributed by atoms with van der Waals surface area (Å²) in [6.45, 7) is 3.42. The molecule has 0 bridgehead atoms. The molecular weight excluding hydrogens is 384 g/mol. The van der Waals surface area contributed by atoms with E-state index < -0.39 is 30.8 Å². The molecule has 1 aromatic rings. The van der Waals surface area contributed by atoms with Crippen LogP contribution in [0.25, 0.3) is 0 Å². The molecule has 1 amide bonds. The van der Waals surface area contributed by atoms with Crippen LogP contribution in [0.5, 0.6) is 5.75 Å². The molecule has 2 aliphatic heterocycles. The zero-order valence-corrected chi connectivity index (χ0v) is 17.1. The van der Waals surface area contributed by atoms with Crippen molar-refractivity contribution in [3.8, 4) is 5.75 Å². The Morgan fingerprint density at radius 2 is 1.97 bits per heavy atom. The van der Waals surface area contributed by atoms with E-state index in [1.807, 2.05) is 0 Å². The Morgan fingerprint density at radius 3 is 2.62 bits per heavy atom. The number of ether oxygens (including phenoxy) is 2. The number of hydrogen-bond acceptors (Lipinski definition) is 7. The summed E-state index contributed by atoms with van der Waals surface area (Å²) in [6.07, 6.45) is 0.128. The van der Waals surface area contributed by atoms with Crippen molar-refractivity contribution in [1.82, 2.24) is 4.90 Å². The molecule has 1 aliphatic carbocycles. The minimum atomic E-state index is -1.17. The predicted octanol–water partition coefficient (Wildman–Crippen LogP) is 1.57. The monoisotopic (exact) mass is 409 g/mol. The molecule has 2 fully saturated rings. The molecule has 1 saturated carbocycles. The summed E-state index contributed by atoms with van der Waals surface area (Å²) in [6, 6.07) is 2.88. The fraction of sp³-hybridized carbons (Fsp3) is 0.579. The number of carbonyl (C=O) groups excluding carboxylic acids is 2. The first-order valence-electron chi connectivity index (χ1n) is 9.35. The molecular formula is C19H25BFNO7. The lowest BCUT2D eigenvalue weighted by atomic mass is 9.79. The van der Waals surface area contributed by atoms with Crippen LogP contribution in [0.15, 0.2) is 12.1 Å².